The molecule has 1 aliphatic carbocycles. The first-order valence-corrected chi connectivity index (χ1v) is 6.81. The Balaban J connectivity index is 2.36. The Labute approximate surface area is 109 Å². The number of carboxylic acid groups (broad SMARTS) is 1. The van der Waals surface area contributed by atoms with Crippen LogP contribution in [0.15, 0.2) is 0 Å². The van der Waals surface area contributed by atoms with Crippen LogP contribution in [0.25, 0.3) is 0 Å². The Bertz CT molecular complexity index is 290. The van der Waals surface area contributed by atoms with Gasteiger partial charge in [0.2, 0.25) is 5.91 Å². The van der Waals surface area contributed by atoms with Crippen LogP contribution in [0, 0.1) is 0 Å². The third-order valence-electron chi connectivity index (χ3n) is 3.29. The molecule has 1 amide bonds. The van der Waals surface area contributed by atoms with E-state index >= 15 is 0 Å². The minimum absolute atomic E-state index is 0.0474. The molecular weight excluding hydrogens is 232 g/mol. The molecule has 1 aliphatic rings. The lowest BCUT2D eigenvalue weighted by Crippen LogP contribution is -2.48. The van der Waals surface area contributed by atoms with Crippen LogP contribution in [0.3, 0.4) is 0 Å². The summed E-state index contributed by atoms with van der Waals surface area (Å²) in [6, 6.07) is -0.0762. The Morgan fingerprint density at radius 1 is 1.39 bits per heavy atom. The fraction of sp³-hybridized carbons (Fsp3) is 0.846. The van der Waals surface area contributed by atoms with Gasteiger partial charge in [0.05, 0.1) is 12.6 Å². The molecule has 2 N–H and O–H groups in total. The third kappa shape index (κ3) is 5.04. The van der Waals surface area contributed by atoms with Gasteiger partial charge in [-0.15, -0.1) is 0 Å². The van der Waals surface area contributed by atoms with Crippen LogP contribution in [0.5, 0.6) is 0 Å². The second kappa shape index (κ2) is 7.36. The fourth-order valence-electron chi connectivity index (χ4n) is 2.03. The number of hydrogen-bond donors (Lipinski definition) is 2. The predicted molar refractivity (Wildman–Crippen MR) is 69.4 cm³/mol. The number of aliphatic carboxylic acids is 1. The molecule has 1 saturated carbocycles. The van der Waals surface area contributed by atoms with Crippen LogP contribution >= 0.6 is 0 Å². The summed E-state index contributed by atoms with van der Waals surface area (Å²) in [7, 11) is 0. The SMILES string of the molecule is CCCCCNC(=O)C(C)N(CC(=O)O)C1CC1. The lowest BCUT2D eigenvalue weighted by Gasteiger charge is -2.26. The van der Waals surface area contributed by atoms with Crippen molar-refractivity contribution in [1.82, 2.24) is 10.2 Å². The maximum atomic E-state index is 11.9. The summed E-state index contributed by atoms with van der Waals surface area (Å²) in [4.78, 5) is 24.5. The van der Waals surface area contributed by atoms with Crippen LogP contribution in [-0.2, 0) is 9.59 Å². The molecule has 0 bridgehead atoms. The number of carboxylic acids is 1. The number of hydrogen-bond acceptors (Lipinski definition) is 3. The standard InChI is InChI=1S/C13H24N2O3/c1-3-4-5-8-14-13(18)10(2)15(9-12(16)17)11-6-7-11/h10-11H,3-9H2,1-2H3,(H,14,18)(H,16,17). The maximum Gasteiger partial charge on any atom is 0.317 e. The highest BCUT2D eigenvalue weighted by molar-refractivity contribution is 5.82. The highest BCUT2D eigenvalue weighted by Crippen LogP contribution is 2.28. The van der Waals surface area contributed by atoms with Gasteiger partial charge in [-0.1, -0.05) is 19.8 Å². The third-order valence-corrected chi connectivity index (χ3v) is 3.29. The van der Waals surface area contributed by atoms with Gasteiger partial charge in [0.15, 0.2) is 0 Å². The lowest BCUT2D eigenvalue weighted by atomic mass is 10.2. The molecule has 0 radical (unpaired) electrons. The first-order chi connectivity index (χ1) is 8.56. The van der Waals surface area contributed by atoms with Crippen molar-refractivity contribution in [2.75, 3.05) is 13.1 Å². The first kappa shape index (κ1) is 15.0. The summed E-state index contributed by atoms with van der Waals surface area (Å²) in [6.07, 6.45) is 5.22. The van der Waals surface area contributed by atoms with Gasteiger partial charge < -0.3 is 10.4 Å². The van der Waals surface area contributed by atoms with Crippen molar-refractivity contribution in [2.45, 2.75) is 58.0 Å². The second-order valence-corrected chi connectivity index (χ2v) is 4.97. The highest BCUT2D eigenvalue weighted by Gasteiger charge is 2.35. The molecule has 5 nitrogen and oxygen atoms in total. The van der Waals surface area contributed by atoms with Crippen LogP contribution in [0.2, 0.25) is 0 Å². The second-order valence-electron chi connectivity index (χ2n) is 4.97. The van der Waals surface area contributed by atoms with E-state index in [1.165, 1.54) is 0 Å². The van der Waals surface area contributed by atoms with Crippen molar-refractivity contribution in [3.63, 3.8) is 0 Å². The molecule has 1 fully saturated rings. The van der Waals surface area contributed by atoms with E-state index in [9.17, 15) is 9.59 Å². The number of nitrogens with one attached hydrogen (secondary N) is 1. The van der Waals surface area contributed by atoms with Gasteiger partial charge in [-0.2, -0.15) is 0 Å². The molecule has 104 valence electrons. The molecule has 0 spiro atoms. The Morgan fingerprint density at radius 2 is 2.06 bits per heavy atom. The van der Waals surface area contributed by atoms with Crippen LogP contribution in [0.4, 0.5) is 0 Å². The van der Waals surface area contributed by atoms with Crippen molar-refractivity contribution < 1.29 is 14.7 Å². The average Bonchev–Trinajstić information content (AvgIpc) is 3.14. The molecular formula is C13H24N2O3. The summed E-state index contributed by atoms with van der Waals surface area (Å²) >= 11 is 0. The van der Waals surface area contributed by atoms with E-state index in [-0.39, 0.29) is 24.5 Å². The number of unbranched alkanes of at least 4 members (excludes halogenated alkanes) is 2. The van der Waals surface area contributed by atoms with Gasteiger partial charge >= 0.3 is 5.97 Å². The zero-order chi connectivity index (χ0) is 13.5. The normalized spacial score (nSPS) is 16.6. The van der Waals surface area contributed by atoms with Crippen LogP contribution < -0.4 is 5.32 Å². The fourth-order valence-corrected chi connectivity index (χ4v) is 2.03. The van der Waals surface area contributed by atoms with Gasteiger partial charge in [0, 0.05) is 12.6 Å². The minimum Gasteiger partial charge on any atom is -0.480 e. The largest absolute Gasteiger partial charge is 0.480 e. The monoisotopic (exact) mass is 256 g/mol. The lowest BCUT2D eigenvalue weighted by molar-refractivity contribution is -0.140. The topological polar surface area (TPSA) is 69.6 Å². The Hall–Kier alpha value is -1.10. The summed E-state index contributed by atoms with van der Waals surface area (Å²) in [5.74, 6) is -0.924. The van der Waals surface area contributed by atoms with Gasteiger partial charge in [-0.05, 0) is 26.2 Å². The average molecular weight is 256 g/mol. The Kier molecular flexibility index (Phi) is 6.12. The molecule has 1 unspecified atom stereocenters. The molecule has 0 aromatic rings. The summed E-state index contributed by atoms with van der Waals surface area (Å²) in [5, 5.41) is 11.7. The number of nitrogens with zero attached hydrogens (tertiary/aromatic N) is 1. The highest BCUT2D eigenvalue weighted by atomic mass is 16.4. The van der Waals surface area contributed by atoms with Crippen molar-refractivity contribution in [2.24, 2.45) is 0 Å². The molecule has 0 saturated heterocycles. The molecule has 1 rings (SSSR count). The van der Waals surface area contributed by atoms with Crippen molar-refractivity contribution >= 4 is 11.9 Å². The molecule has 1 atom stereocenters. The molecule has 0 heterocycles. The zero-order valence-corrected chi connectivity index (χ0v) is 11.3. The first-order valence-electron chi connectivity index (χ1n) is 6.81. The van der Waals surface area contributed by atoms with Crippen molar-refractivity contribution in [1.29, 1.82) is 0 Å². The summed E-state index contributed by atoms with van der Waals surface area (Å²) < 4.78 is 0. The van der Waals surface area contributed by atoms with Crippen LogP contribution in [0.1, 0.15) is 46.0 Å². The summed E-state index contributed by atoms with van der Waals surface area (Å²) in [6.45, 7) is 4.54. The zero-order valence-electron chi connectivity index (χ0n) is 11.3. The van der Waals surface area contributed by atoms with Crippen molar-refractivity contribution in [3.8, 4) is 0 Å². The van der Waals surface area contributed by atoms with Gasteiger partial charge in [-0.25, -0.2) is 0 Å². The van der Waals surface area contributed by atoms with Gasteiger partial charge in [0.25, 0.3) is 0 Å². The number of amides is 1. The van der Waals surface area contributed by atoms with Crippen molar-refractivity contribution in [3.05, 3.63) is 0 Å². The molecule has 0 aromatic heterocycles. The molecule has 0 aromatic carbocycles. The van der Waals surface area contributed by atoms with E-state index in [1.54, 1.807) is 11.8 Å². The number of rotatable bonds is 9. The van der Waals surface area contributed by atoms with E-state index in [0.717, 1.165) is 32.1 Å². The quantitative estimate of drug-likeness (QED) is 0.609. The van der Waals surface area contributed by atoms with E-state index < -0.39 is 5.97 Å². The molecule has 5 heteroatoms. The molecule has 0 aliphatic heterocycles. The van der Waals surface area contributed by atoms with Gasteiger partial charge in [0.1, 0.15) is 0 Å². The van der Waals surface area contributed by atoms with E-state index in [2.05, 4.69) is 12.2 Å². The van der Waals surface area contributed by atoms with Crippen LogP contribution in [-0.4, -0.2) is 47.1 Å². The Morgan fingerprint density at radius 3 is 2.56 bits per heavy atom. The summed E-state index contributed by atoms with van der Waals surface area (Å²) in [5.41, 5.74) is 0. The smallest absolute Gasteiger partial charge is 0.317 e. The van der Waals surface area contributed by atoms with E-state index in [1.807, 2.05) is 0 Å². The van der Waals surface area contributed by atoms with Gasteiger partial charge in [-0.3, -0.25) is 14.5 Å². The number of carbonyl (C=O) groups is 2. The molecule has 18 heavy (non-hydrogen) atoms. The maximum absolute atomic E-state index is 11.9. The number of carbonyl (C=O) groups excluding carboxylic acids is 1. The van der Waals surface area contributed by atoms with E-state index in [0.29, 0.717) is 6.54 Å². The van der Waals surface area contributed by atoms with E-state index in [4.69, 9.17) is 5.11 Å². The predicted octanol–water partition coefficient (Wildman–Crippen LogP) is 1.23. The minimum atomic E-state index is -0.868.